The molecule has 1 atom stereocenters. The van der Waals surface area contributed by atoms with E-state index in [0.717, 1.165) is 12.0 Å². The zero-order chi connectivity index (χ0) is 21.7. The molecule has 2 aromatic carbocycles. The summed E-state index contributed by atoms with van der Waals surface area (Å²) in [7, 11) is -2.39. The highest BCUT2D eigenvalue weighted by molar-refractivity contribution is 7.89. The van der Waals surface area contributed by atoms with Crippen molar-refractivity contribution in [2.24, 2.45) is 0 Å². The van der Waals surface area contributed by atoms with Gasteiger partial charge in [-0.15, -0.1) is 0 Å². The zero-order valence-electron chi connectivity index (χ0n) is 16.9. The van der Waals surface area contributed by atoms with Crippen LogP contribution in [0.5, 0.6) is 5.75 Å². The quantitative estimate of drug-likeness (QED) is 0.569. The van der Waals surface area contributed by atoms with Crippen molar-refractivity contribution >= 4 is 21.8 Å². The molecule has 3 aromatic rings. The Balaban J connectivity index is 1.64. The van der Waals surface area contributed by atoms with E-state index in [1.807, 2.05) is 24.3 Å². The average molecular weight is 429 g/mol. The van der Waals surface area contributed by atoms with E-state index in [0.29, 0.717) is 11.4 Å². The number of carbonyl (C=O) groups is 1. The Hall–Kier alpha value is -3.17. The SMILES string of the molecule is CCc1ccc(-c2cc(NC(=O)[C@H](C)NS(=O)(=O)c3ccc(OC)cc3)on2)cc1. The van der Waals surface area contributed by atoms with E-state index in [1.54, 1.807) is 6.07 Å². The first-order valence-corrected chi connectivity index (χ1v) is 10.8. The molecule has 1 amide bonds. The molecular formula is C21H23N3O5S. The van der Waals surface area contributed by atoms with Crippen LogP contribution in [0, 0.1) is 0 Å². The summed E-state index contributed by atoms with van der Waals surface area (Å²) >= 11 is 0. The highest BCUT2D eigenvalue weighted by Gasteiger charge is 2.23. The predicted octanol–water partition coefficient (Wildman–Crippen LogP) is 3.22. The van der Waals surface area contributed by atoms with Gasteiger partial charge < -0.3 is 9.26 Å². The number of carbonyl (C=O) groups excluding carboxylic acids is 1. The van der Waals surface area contributed by atoms with Gasteiger partial charge in [-0.05, 0) is 43.2 Å². The molecule has 0 unspecified atom stereocenters. The molecule has 2 N–H and O–H groups in total. The van der Waals surface area contributed by atoms with Gasteiger partial charge >= 0.3 is 0 Å². The van der Waals surface area contributed by atoms with E-state index in [9.17, 15) is 13.2 Å². The van der Waals surface area contributed by atoms with Crippen LogP contribution in [0.2, 0.25) is 0 Å². The summed E-state index contributed by atoms with van der Waals surface area (Å²) in [6.45, 7) is 3.51. The summed E-state index contributed by atoms with van der Waals surface area (Å²) < 4.78 is 37.5. The number of hydrogen-bond donors (Lipinski definition) is 2. The van der Waals surface area contributed by atoms with Crippen molar-refractivity contribution in [3.63, 3.8) is 0 Å². The van der Waals surface area contributed by atoms with Crippen LogP contribution in [0.3, 0.4) is 0 Å². The molecule has 0 saturated heterocycles. The monoisotopic (exact) mass is 429 g/mol. The van der Waals surface area contributed by atoms with Gasteiger partial charge in [-0.25, -0.2) is 8.42 Å². The molecular weight excluding hydrogens is 406 g/mol. The third kappa shape index (κ3) is 5.05. The second-order valence-corrected chi connectivity index (χ2v) is 8.35. The lowest BCUT2D eigenvalue weighted by molar-refractivity contribution is -0.117. The minimum atomic E-state index is -3.88. The number of amides is 1. The maximum absolute atomic E-state index is 12.5. The molecule has 158 valence electrons. The maximum Gasteiger partial charge on any atom is 0.244 e. The fourth-order valence-electron chi connectivity index (χ4n) is 2.72. The van der Waals surface area contributed by atoms with Gasteiger partial charge in [0.2, 0.25) is 21.8 Å². The minimum Gasteiger partial charge on any atom is -0.497 e. The van der Waals surface area contributed by atoms with E-state index in [4.69, 9.17) is 9.26 Å². The number of nitrogens with zero attached hydrogens (tertiary/aromatic N) is 1. The van der Waals surface area contributed by atoms with Crippen molar-refractivity contribution in [1.82, 2.24) is 9.88 Å². The van der Waals surface area contributed by atoms with Crippen LogP contribution >= 0.6 is 0 Å². The lowest BCUT2D eigenvalue weighted by Gasteiger charge is -2.13. The molecule has 0 bridgehead atoms. The standard InChI is InChI=1S/C21H23N3O5S/c1-4-15-5-7-16(8-6-15)19-13-20(29-23-19)22-21(25)14(2)24-30(26,27)18-11-9-17(28-3)10-12-18/h5-14,24H,4H2,1-3H3,(H,22,25)/t14-/m0/s1. The van der Waals surface area contributed by atoms with Crippen LogP contribution in [0.4, 0.5) is 5.88 Å². The lowest BCUT2D eigenvalue weighted by atomic mass is 10.1. The largest absolute Gasteiger partial charge is 0.497 e. The van der Waals surface area contributed by atoms with Crippen molar-refractivity contribution in [2.75, 3.05) is 12.4 Å². The van der Waals surface area contributed by atoms with Gasteiger partial charge in [-0.2, -0.15) is 4.72 Å². The third-order valence-electron chi connectivity index (χ3n) is 4.51. The van der Waals surface area contributed by atoms with Crippen LogP contribution in [0.15, 0.2) is 64.0 Å². The number of aromatic nitrogens is 1. The maximum atomic E-state index is 12.5. The number of ether oxygens (including phenoxy) is 1. The molecule has 1 heterocycles. The molecule has 0 saturated carbocycles. The molecule has 0 aliphatic carbocycles. The normalized spacial score (nSPS) is 12.4. The zero-order valence-corrected chi connectivity index (χ0v) is 17.7. The number of rotatable bonds is 8. The molecule has 0 fully saturated rings. The Morgan fingerprint density at radius 2 is 1.80 bits per heavy atom. The van der Waals surface area contributed by atoms with Gasteiger partial charge in [-0.1, -0.05) is 36.3 Å². The topological polar surface area (TPSA) is 111 Å². The Morgan fingerprint density at radius 1 is 1.13 bits per heavy atom. The summed E-state index contributed by atoms with van der Waals surface area (Å²) in [6.07, 6.45) is 0.935. The molecule has 30 heavy (non-hydrogen) atoms. The predicted molar refractivity (Wildman–Crippen MR) is 113 cm³/mol. The van der Waals surface area contributed by atoms with Crippen molar-refractivity contribution < 1.29 is 22.5 Å². The second kappa shape index (κ2) is 9.10. The van der Waals surface area contributed by atoms with E-state index < -0.39 is 22.0 Å². The minimum absolute atomic E-state index is 0.0282. The summed E-state index contributed by atoms with van der Waals surface area (Å²) in [5, 5.41) is 6.48. The van der Waals surface area contributed by atoms with E-state index in [-0.39, 0.29) is 10.8 Å². The Bertz CT molecular complexity index is 1110. The molecule has 0 spiro atoms. The fourth-order valence-corrected chi connectivity index (χ4v) is 3.92. The first kappa shape index (κ1) is 21.5. The number of methoxy groups -OCH3 is 1. The summed E-state index contributed by atoms with van der Waals surface area (Å²) in [5.74, 6) is 0.0892. The molecule has 9 heteroatoms. The van der Waals surface area contributed by atoms with Crippen molar-refractivity contribution in [1.29, 1.82) is 0 Å². The van der Waals surface area contributed by atoms with E-state index >= 15 is 0 Å². The Labute approximate surface area is 175 Å². The number of hydrogen-bond acceptors (Lipinski definition) is 6. The smallest absolute Gasteiger partial charge is 0.244 e. The lowest BCUT2D eigenvalue weighted by Crippen LogP contribution is -2.41. The highest BCUT2D eigenvalue weighted by Crippen LogP contribution is 2.22. The van der Waals surface area contributed by atoms with Gasteiger partial charge in [0.1, 0.15) is 11.4 Å². The van der Waals surface area contributed by atoms with Crippen LogP contribution in [-0.4, -0.2) is 32.6 Å². The van der Waals surface area contributed by atoms with Gasteiger partial charge in [0.15, 0.2) is 0 Å². The summed E-state index contributed by atoms with van der Waals surface area (Å²) in [4.78, 5) is 12.4. The molecule has 8 nitrogen and oxygen atoms in total. The first-order valence-electron chi connectivity index (χ1n) is 9.35. The number of anilines is 1. The third-order valence-corrected chi connectivity index (χ3v) is 6.07. The fraction of sp³-hybridized carbons (Fsp3) is 0.238. The van der Waals surface area contributed by atoms with Crippen molar-refractivity contribution in [2.45, 2.75) is 31.2 Å². The molecule has 0 radical (unpaired) electrons. The molecule has 0 aliphatic rings. The van der Waals surface area contributed by atoms with Crippen LogP contribution in [0.1, 0.15) is 19.4 Å². The number of nitrogens with one attached hydrogen (secondary N) is 2. The average Bonchev–Trinajstić information content (AvgIpc) is 3.22. The van der Waals surface area contributed by atoms with Crippen molar-refractivity contribution in [3.05, 3.63) is 60.2 Å². The number of sulfonamides is 1. The van der Waals surface area contributed by atoms with E-state index in [2.05, 4.69) is 22.1 Å². The molecule has 1 aromatic heterocycles. The highest BCUT2D eigenvalue weighted by atomic mass is 32.2. The Kier molecular flexibility index (Phi) is 6.53. The first-order chi connectivity index (χ1) is 14.3. The second-order valence-electron chi connectivity index (χ2n) is 6.63. The summed E-state index contributed by atoms with van der Waals surface area (Å²) in [6, 6.07) is 14.3. The van der Waals surface area contributed by atoms with Crippen LogP contribution in [0.25, 0.3) is 11.3 Å². The van der Waals surface area contributed by atoms with Crippen molar-refractivity contribution in [3.8, 4) is 17.0 Å². The summed E-state index contributed by atoms with van der Waals surface area (Å²) in [5.41, 5.74) is 2.62. The van der Waals surface area contributed by atoms with Crippen LogP contribution in [-0.2, 0) is 21.2 Å². The van der Waals surface area contributed by atoms with Gasteiger partial charge in [0.05, 0.1) is 18.0 Å². The Morgan fingerprint density at radius 3 is 2.40 bits per heavy atom. The molecule has 3 rings (SSSR count). The van der Waals surface area contributed by atoms with Gasteiger partial charge in [0, 0.05) is 11.6 Å². The van der Waals surface area contributed by atoms with Gasteiger partial charge in [-0.3, -0.25) is 10.1 Å². The van der Waals surface area contributed by atoms with Gasteiger partial charge in [0.25, 0.3) is 0 Å². The van der Waals surface area contributed by atoms with Crippen LogP contribution < -0.4 is 14.8 Å². The number of aryl methyl sites for hydroxylation is 1. The van der Waals surface area contributed by atoms with E-state index in [1.165, 1.54) is 43.9 Å². The number of benzene rings is 2. The molecule has 0 aliphatic heterocycles.